The molecule has 0 aromatic carbocycles. The molecule has 1 heterocycles. The second-order valence-electron chi connectivity index (χ2n) is 1.21. The van der Waals surface area contributed by atoms with Crippen molar-refractivity contribution in [2.75, 3.05) is 0 Å². The molecule has 0 aliphatic carbocycles. The maximum absolute atomic E-state index is 11.8. The third kappa shape index (κ3) is 0.804. The van der Waals surface area contributed by atoms with Crippen molar-refractivity contribution >= 4 is 0 Å². The van der Waals surface area contributed by atoms with E-state index in [2.05, 4.69) is 11.1 Å². The molecule has 3 heteroatoms. The van der Waals surface area contributed by atoms with Gasteiger partial charge in [0.2, 0.25) is 5.95 Å². The molecule has 0 bridgehead atoms. The average molecular weight is 114 g/mol. The summed E-state index contributed by atoms with van der Waals surface area (Å²) in [6.07, 6.45) is 1.07. The van der Waals surface area contributed by atoms with Crippen LogP contribution in [0.15, 0.2) is 12.3 Å². The Hall–Kier alpha value is -0.990. The first-order valence-electron chi connectivity index (χ1n) is 1.98. The molecule has 8 heavy (non-hydrogen) atoms. The van der Waals surface area contributed by atoms with Crippen LogP contribution in [0, 0.1) is 17.8 Å². The van der Waals surface area contributed by atoms with Crippen molar-refractivity contribution in [3.05, 3.63) is 30.1 Å². The molecule has 1 radical (unpaired) electrons. The second kappa shape index (κ2) is 1.86. The average Bonchev–Trinajstić information content (AvgIpc) is 1.77. The van der Waals surface area contributed by atoms with E-state index in [1.165, 1.54) is 0 Å². The number of hydrogen-bond donors (Lipinski definition) is 0. The molecular weight excluding hydrogens is 112 g/mol. The summed E-state index contributed by atoms with van der Waals surface area (Å²) in [5.41, 5.74) is 0. The molecule has 1 rings (SSSR count). The standard InChI is InChI=1S/C5H2F2N/c6-4-2-1-3-8-5(4)7/h2-3H. The Balaban J connectivity index is 3.13. The quantitative estimate of drug-likeness (QED) is 0.461. The normalized spacial score (nSPS) is 9.25. The number of aromatic nitrogens is 1. The summed E-state index contributed by atoms with van der Waals surface area (Å²) < 4.78 is 23.7. The summed E-state index contributed by atoms with van der Waals surface area (Å²) in [7, 11) is 0. The zero-order valence-electron chi connectivity index (χ0n) is 3.86. The van der Waals surface area contributed by atoms with Crippen LogP contribution >= 0.6 is 0 Å². The number of halogens is 2. The Morgan fingerprint density at radius 1 is 1.50 bits per heavy atom. The van der Waals surface area contributed by atoms with Crippen molar-refractivity contribution in [1.82, 2.24) is 4.98 Å². The Bertz CT molecular complexity index is 167. The van der Waals surface area contributed by atoms with E-state index in [0.717, 1.165) is 12.3 Å². The van der Waals surface area contributed by atoms with E-state index in [4.69, 9.17) is 0 Å². The van der Waals surface area contributed by atoms with Gasteiger partial charge < -0.3 is 0 Å². The first-order chi connectivity index (χ1) is 3.80. The van der Waals surface area contributed by atoms with Gasteiger partial charge >= 0.3 is 0 Å². The molecule has 0 atom stereocenters. The van der Waals surface area contributed by atoms with E-state index < -0.39 is 11.8 Å². The molecular formula is C5H2F2N. The molecule has 0 spiro atoms. The van der Waals surface area contributed by atoms with Crippen molar-refractivity contribution in [1.29, 1.82) is 0 Å². The Morgan fingerprint density at radius 2 is 2.25 bits per heavy atom. The molecule has 0 fully saturated rings. The van der Waals surface area contributed by atoms with Gasteiger partial charge in [0, 0.05) is 12.3 Å². The van der Waals surface area contributed by atoms with E-state index >= 15 is 0 Å². The zero-order chi connectivity index (χ0) is 5.98. The summed E-state index contributed by atoms with van der Waals surface area (Å²) in [5.74, 6) is -2.05. The van der Waals surface area contributed by atoms with Crippen LogP contribution in [0.1, 0.15) is 0 Å². The van der Waals surface area contributed by atoms with Gasteiger partial charge in [-0.15, -0.1) is 0 Å². The van der Waals surface area contributed by atoms with Crippen molar-refractivity contribution in [2.24, 2.45) is 0 Å². The van der Waals surface area contributed by atoms with E-state index in [-0.39, 0.29) is 0 Å². The van der Waals surface area contributed by atoms with Gasteiger partial charge in [0.05, 0.1) is 0 Å². The maximum Gasteiger partial charge on any atom is 0.248 e. The molecule has 1 aromatic rings. The molecule has 0 unspecified atom stereocenters. The molecule has 0 N–H and O–H groups in total. The summed E-state index contributed by atoms with van der Waals surface area (Å²) in [6, 6.07) is 3.17. The molecule has 0 aliphatic rings. The number of pyridine rings is 1. The summed E-state index contributed by atoms with van der Waals surface area (Å²) in [5, 5.41) is 0. The van der Waals surface area contributed by atoms with Gasteiger partial charge in [0.1, 0.15) is 0 Å². The monoisotopic (exact) mass is 114 g/mol. The second-order valence-corrected chi connectivity index (χ2v) is 1.21. The first kappa shape index (κ1) is 5.15. The van der Waals surface area contributed by atoms with Crippen molar-refractivity contribution in [3.8, 4) is 0 Å². The predicted octanol–water partition coefficient (Wildman–Crippen LogP) is 1.16. The van der Waals surface area contributed by atoms with E-state index in [1.807, 2.05) is 0 Å². The van der Waals surface area contributed by atoms with E-state index in [1.54, 1.807) is 0 Å². The fraction of sp³-hybridized carbons (Fsp3) is 0. The lowest BCUT2D eigenvalue weighted by Gasteiger charge is -1.83. The lowest BCUT2D eigenvalue weighted by atomic mass is 10.5. The van der Waals surface area contributed by atoms with E-state index in [0.29, 0.717) is 0 Å². The van der Waals surface area contributed by atoms with E-state index in [9.17, 15) is 8.78 Å². The van der Waals surface area contributed by atoms with Crippen LogP contribution in [-0.2, 0) is 0 Å². The van der Waals surface area contributed by atoms with Crippen LogP contribution in [0.4, 0.5) is 8.78 Å². The SMILES string of the molecule is Fc1c[c]cnc1F. The Labute approximate surface area is 45.0 Å². The molecule has 1 nitrogen and oxygen atoms in total. The predicted molar refractivity (Wildman–Crippen MR) is 23.0 cm³/mol. The molecule has 41 valence electrons. The lowest BCUT2D eigenvalue weighted by molar-refractivity contribution is 0.479. The van der Waals surface area contributed by atoms with Crippen LogP contribution < -0.4 is 0 Å². The van der Waals surface area contributed by atoms with Crippen molar-refractivity contribution < 1.29 is 8.78 Å². The van der Waals surface area contributed by atoms with Gasteiger partial charge in [0.25, 0.3) is 0 Å². The van der Waals surface area contributed by atoms with Crippen molar-refractivity contribution in [3.63, 3.8) is 0 Å². The summed E-state index contributed by atoms with van der Waals surface area (Å²) in [4.78, 5) is 2.98. The number of nitrogens with zero attached hydrogens (tertiary/aromatic N) is 1. The van der Waals surface area contributed by atoms with Crippen LogP contribution in [0.3, 0.4) is 0 Å². The van der Waals surface area contributed by atoms with Crippen LogP contribution in [-0.4, -0.2) is 4.98 Å². The minimum atomic E-state index is -1.08. The van der Waals surface area contributed by atoms with Gasteiger partial charge in [-0.05, 0) is 6.07 Å². The first-order valence-corrected chi connectivity index (χ1v) is 1.98. The van der Waals surface area contributed by atoms with Crippen molar-refractivity contribution in [2.45, 2.75) is 0 Å². The topological polar surface area (TPSA) is 12.9 Å². The number of hydrogen-bond acceptors (Lipinski definition) is 1. The smallest absolute Gasteiger partial charge is 0.225 e. The van der Waals surface area contributed by atoms with Crippen LogP contribution in [0.5, 0.6) is 0 Å². The summed E-state index contributed by atoms with van der Waals surface area (Å²) >= 11 is 0. The van der Waals surface area contributed by atoms with Crippen LogP contribution in [0.25, 0.3) is 0 Å². The highest BCUT2D eigenvalue weighted by Crippen LogP contribution is 1.96. The highest BCUT2D eigenvalue weighted by molar-refractivity contribution is 4.93. The fourth-order valence-electron chi connectivity index (χ4n) is 0.326. The molecule has 1 aromatic heterocycles. The lowest BCUT2D eigenvalue weighted by Crippen LogP contribution is -1.84. The Morgan fingerprint density at radius 3 is 2.62 bits per heavy atom. The fourth-order valence-corrected chi connectivity index (χ4v) is 0.326. The largest absolute Gasteiger partial charge is 0.248 e. The molecule has 0 saturated carbocycles. The number of rotatable bonds is 0. The minimum Gasteiger partial charge on any atom is -0.225 e. The van der Waals surface area contributed by atoms with Gasteiger partial charge in [-0.2, -0.15) is 4.39 Å². The molecule has 0 aliphatic heterocycles. The van der Waals surface area contributed by atoms with Gasteiger partial charge in [-0.25, -0.2) is 9.37 Å². The molecule has 0 saturated heterocycles. The third-order valence-electron chi connectivity index (χ3n) is 0.660. The summed E-state index contributed by atoms with van der Waals surface area (Å²) in [6.45, 7) is 0. The minimum absolute atomic E-state index is 0.891. The van der Waals surface area contributed by atoms with Gasteiger partial charge in [-0.3, -0.25) is 0 Å². The third-order valence-corrected chi connectivity index (χ3v) is 0.660. The highest BCUT2D eigenvalue weighted by atomic mass is 19.2. The molecule has 0 amide bonds. The van der Waals surface area contributed by atoms with Crippen LogP contribution in [0.2, 0.25) is 0 Å². The van der Waals surface area contributed by atoms with Gasteiger partial charge in [0.15, 0.2) is 5.82 Å². The zero-order valence-corrected chi connectivity index (χ0v) is 3.86. The van der Waals surface area contributed by atoms with Gasteiger partial charge in [-0.1, -0.05) is 0 Å². The maximum atomic E-state index is 11.8. The Kier molecular flexibility index (Phi) is 1.20. The highest BCUT2D eigenvalue weighted by Gasteiger charge is 1.96.